The van der Waals surface area contributed by atoms with E-state index in [2.05, 4.69) is 18.5 Å². The Kier molecular flexibility index (Phi) is 6.64. The molecule has 1 rings (SSSR count). The van der Waals surface area contributed by atoms with E-state index in [9.17, 15) is 10.1 Å². The third-order valence-corrected chi connectivity index (χ3v) is 3.33. The van der Waals surface area contributed by atoms with Crippen molar-refractivity contribution in [1.82, 2.24) is 0 Å². The van der Waals surface area contributed by atoms with Crippen LogP contribution in [0.15, 0.2) is 18.2 Å². The summed E-state index contributed by atoms with van der Waals surface area (Å²) in [6.07, 6.45) is 3.02. The Labute approximate surface area is 124 Å². The van der Waals surface area contributed by atoms with Crippen LogP contribution in [-0.2, 0) is 0 Å². The first-order valence-corrected chi connectivity index (χ1v) is 8.04. The molecule has 0 aliphatic heterocycles. The van der Waals surface area contributed by atoms with Crippen molar-refractivity contribution in [3.05, 3.63) is 28.3 Å². The summed E-state index contributed by atoms with van der Waals surface area (Å²) in [4.78, 5) is 10.6. The fourth-order valence-electron chi connectivity index (χ4n) is 1.75. The summed E-state index contributed by atoms with van der Waals surface area (Å²) in [6, 6.07) is 5.23. The zero-order valence-corrected chi connectivity index (χ0v) is 13.2. The molecule has 0 amide bonds. The number of rotatable bonds is 8. The third-order valence-electron chi connectivity index (χ3n) is 2.69. The maximum Gasteiger partial charge on any atom is 0.311 e. The van der Waals surface area contributed by atoms with Crippen molar-refractivity contribution in [1.29, 1.82) is 0 Å². The minimum Gasteiger partial charge on any atom is -0.484 e. The number of nitrogens with one attached hydrogen (secondary N) is 1. The van der Waals surface area contributed by atoms with Gasteiger partial charge in [0.1, 0.15) is 0 Å². The molecule has 20 heavy (non-hydrogen) atoms. The minimum atomic E-state index is -0.418. The van der Waals surface area contributed by atoms with Gasteiger partial charge in [0.2, 0.25) is 0 Å². The fraction of sp³-hybridized carbons (Fsp3) is 0.571. The van der Waals surface area contributed by atoms with Gasteiger partial charge in [-0.05, 0) is 45.3 Å². The highest BCUT2D eigenvalue weighted by Gasteiger charge is 2.17. The van der Waals surface area contributed by atoms with E-state index >= 15 is 0 Å². The second kappa shape index (κ2) is 7.99. The first-order chi connectivity index (χ1) is 9.43. The topological polar surface area (TPSA) is 64.4 Å². The Morgan fingerprint density at radius 1 is 1.40 bits per heavy atom. The fourth-order valence-corrected chi connectivity index (χ4v) is 2.34. The lowest BCUT2D eigenvalue weighted by atomic mass is 10.2. The zero-order valence-electron chi connectivity index (χ0n) is 12.4. The lowest BCUT2D eigenvalue weighted by Crippen LogP contribution is -2.16. The standard InChI is InChI=1S/C14H22N2O3S/c1-10(2)19-14-9-12(5-6-13(14)16(17)18)15-11(3)7-8-20-4/h5-6,9-11,15H,7-8H2,1-4H3. The zero-order chi connectivity index (χ0) is 15.1. The summed E-state index contributed by atoms with van der Waals surface area (Å²) in [6.45, 7) is 5.80. The number of hydrogen-bond acceptors (Lipinski definition) is 5. The first-order valence-electron chi connectivity index (χ1n) is 6.64. The largest absolute Gasteiger partial charge is 0.484 e. The van der Waals surface area contributed by atoms with Crippen LogP contribution in [0, 0.1) is 10.1 Å². The van der Waals surface area contributed by atoms with E-state index in [0.29, 0.717) is 11.8 Å². The van der Waals surface area contributed by atoms with E-state index in [-0.39, 0.29) is 11.8 Å². The number of ether oxygens (including phenoxy) is 1. The highest BCUT2D eigenvalue weighted by molar-refractivity contribution is 7.98. The molecule has 1 unspecified atom stereocenters. The quantitative estimate of drug-likeness (QED) is 0.582. The van der Waals surface area contributed by atoms with E-state index in [1.54, 1.807) is 23.9 Å². The average Bonchev–Trinajstić information content (AvgIpc) is 2.35. The molecular formula is C14H22N2O3S. The van der Waals surface area contributed by atoms with Crippen LogP contribution in [-0.4, -0.2) is 29.1 Å². The predicted molar refractivity (Wildman–Crippen MR) is 84.9 cm³/mol. The van der Waals surface area contributed by atoms with Crippen LogP contribution in [0.2, 0.25) is 0 Å². The Morgan fingerprint density at radius 2 is 2.10 bits per heavy atom. The molecule has 0 saturated heterocycles. The summed E-state index contributed by atoms with van der Waals surface area (Å²) in [5.74, 6) is 1.39. The molecule has 0 aromatic heterocycles. The molecule has 6 heteroatoms. The monoisotopic (exact) mass is 298 g/mol. The molecule has 1 aromatic rings. The van der Waals surface area contributed by atoms with Crippen LogP contribution in [0.3, 0.4) is 0 Å². The van der Waals surface area contributed by atoms with Crippen LogP contribution in [0.1, 0.15) is 27.2 Å². The number of nitro groups is 1. The molecule has 1 N–H and O–H groups in total. The van der Waals surface area contributed by atoms with Gasteiger partial charge in [-0.3, -0.25) is 10.1 Å². The van der Waals surface area contributed by atoms with E-state index < -0.39 is 4.92 Å². The lowest BCUT2D eigenvalue weighted by Gasteiger charge is -2.16. The summed E-state index contributed by atoms with van der Waals surface area (Å²) in [7, 11) is 0. The highest BCUT2D eigenvalue weighted by Crippen LogP contribution is 2.31. The molecular weight excluding hydrogens is 276 g/mol. The summed E-state index contributed by atoms with van der Waals surface area (Å²) >= 11 is 1.80. The van der Waals surface area contributed by atoms with Crippen LogP contribution in [0.25, 0.3) is 0 Å². The molecule has 0 saturated carbocycles. The molecule has 112 valence electrons. The van der Waals surface area contributed by atoms with Gasteiger partial charge in [-0.15, -0.1) is 0 Å². The number of thioether (sulfide) groups is 1. The Morgan fingerprint density at radius 3 is 2.65 bits per heavy atom. The number of hydrogen-bond donors (Lipinski definition) is 1. The third kappa shape index (κ3) is 5.28. The molecule has 0 aliphatic carbocycles. The second-order valence-electron chi connectivity index (χ2n) is 4.93. The minimum absolute atomic E-state index is 0.000941. The van der Waals surface area contributed by atoms with Crippen LogP contribution >= 0.6 is 11.8 Å². The van der Waals surface area contributed by atoms with Crippen molar-refractivity contribution < 1.29 is 9.66 Å². The highest BCUT2D eigenvalue weighted by atomic mass is 32.2. The van der Waals surface area contributed by atoms with Gasteiger partial charge in [0.05, 0.1) is 11.0 Å². The van der Waals surface area contributed by atoms with Crippen molar-refractivity contribution in [3.63, 3.8) is 0 Å². The van der Waals surface area contributed by atoms with Gasteiger partial charge in [0.15, 0.2) is 5.75 Å². The van der Waals surface area contributed by atoms with E-state index in [1.165, 1.54) is 6.07 Å². The maximum atomic E-state index is 11.0. The Hall–Kier alpha value is -1.43. The van der Waals surface area contributed by atoms with Crippen molar-refractivity contribution >= 4 is 23.1 Å². The van der Waals surface area contributed by atoms with Crippen LogP contribution in [0.4, 0.5) is 11.4 Å². The number of nitrogens with zero attached hydrogens (tertiary/aromatic N) is 1. The lowest BCUT2D eigenvalue weighted by molar-refractivity contribution is -0.386. The summed E-state index contributed by atoms with van der Waals surface area (Å²) in [5.41, 5.74) is 0.848. The molecule has 0 radical (unpaired) electrons. The van der Waals surface area contributed by atoms with Gasteiger partial charge in [-0.2, -0.15) is 11.8 Å². The van der Waals surface area contributed by atoms with Crippen molar-refractivity contribution in [2.24, 2.45) is 0 Å². The summed E-state index contributed by atoms with van der Waals surface area (Å²) < 4.78 is 5.52. The van der Waals surface area contributed by atoms with Crippen molar-refractivity contribution in [3.8, 4) is 5.75 Å². The SMILES string of the molecule is CSCCC(C)Nc1ccc([N+](=O)[O-])c(OC(C)C)c1. The first kappa shape index (κ1) is 16.6. The molecule has 5 nitrogen and oxygen atoms in total. The van der Waals surface area contributed by atoms with Gasteiger partial charge in [0, 0.05) is 23.9 Å². The Bertz CT molecular complexity index is 452. The molecule has 1 aromatic carbocycles. The smallest absolute Gasteiger partial charge is 0.311 e. The van der Waals surface area contributed by atoms with Crippen LogP contribution in [0.5, 0.6) is 5.75 Å². The van der Waals surface area contributed by atoms with Gasteiger partial charge in [-0.1, -0.05) is 0 Å². The van der Waals surface area contributed by atoms with Gasteiger partial charge in [-0.25, -0.2) is 0 Å². The molecule has 0 heterocycles. The van der Waals surface area contributed by atoms with E-state index in [4.69, 9.17) is 4.74 Å². The van der Waals surface area contributed by atoms with Gasteiger partial charge >= 0.3 is 5.69 Å². The average molecular weight is 298 g/mol. The molecule has 1 atom stereocenters. The molecule has 0 spiro atoms. The number of anilines is 1. The van der Waals surface area contributed by atoms with E-state index in [1.807, 2.05) is 13.8 Å². The van der Waals surface area contributed by atoms with Crippen molar-refractivity contribution in [2.75, 3.05) is 17.3 Å². The van der Waals surface area contributed by atoms with E-state index in [0.717, 1.165) is 17.9 Å². The van der Waals surface area contributed by atoms with Gasteiger partial charge < -0.3 is 10.1 Å². The maximum absolute atomic E-state index is 11.0. The molecule has 0 fully saturated rings. The van der Waals surface area contributed by atoms with Gasteiger partial charge in [0.25, 0.3) is 0 Å². The van der Waals surface area contributed by atoms with Crippen molar-refractivity contribution in [2.45, 2.75) is 39.3 Å². The summed E-state index contributed by atoms with van der Waals surface area (Å²) in [5, 5.41) is 14.3. The Balaban J connectivity index is 2.85. The normalized spacial score (nSPS) is 12.2. The predicted octanol–water partition coefficient (Wildman–Crippen LogP) is 3.94. The molecule has 0 bridgehead atoms. The second-order valence-corrected chi connectivity index (χ2v) is 5.92. The number of benzene rings is 1. The molecule has 0 aliphatic rings. The van der Waals surface area contributed by atoms with Crippen LogP contribution < -0.4 is 10.1 Å². The number of nitro benzene ring substituents is 1.